The normalized spacial score (nSPS) is 22.9. The summed E-state index contributed by atoms with van der Waals surface area (Å²) in [5.41, 5.74) is -0.826. The van der Waals surface area contributed by atoms with Gasteiger partial charge in [0, 0.05) is 16.6 Å². The summed E-state index contributed by atoms with van der Waals surface area (Å²) in [6.45, 7) is 2.84. The second-order valence-electron chi connectivity index (χ2n) is 5.16. The van der Waals surface area contributed by atoms with Gasteiger partial charge in [0.25, 0.3) is 5.91 Å². The first-order chi connectivity index (χ1) is 9.79. The third-order valence-corrected chi connectivity index (χ3v) is 4.31. The number of carbonyl (C=O) groups excluding carboxylic acids is 1. The van der Waals surface area contributed by atoms with Gasteiger partial charge in [0.05, 0.1) is 11.1 Å². The Kier molecular flexibility index (Phi) is 4.93. The smallest absolute Gasteiger partial charge is 0.348 e. The van der Waals surface area contributed by atoms with Crippen LogP contribution in [-0.2, 0) is 6.18 Å². The van der Waals surface area contributed by atoms with E-state index in [-0.39, 0.29) is 17.6 Å². The predicted octanol–water partition coefficient (Wildman–Crippen LogP) is 3.34. The van der Waals surface area contributed by atoms with Crippen LogP contribution in [-0.4, -0.2) is 24.5 Å². The van der Waals surface area contributed by atoms with Gasteiger partial charge in [-0.1, -0.05) is 0 Å². The molecule has 1 heterocycles. The van der Waals surface area contributed by atoms with Crippen molar-refractivity contribution in [3.05, 3.63) is 33.8 Å². The van der Waals surface area contributed by atoms with Gasteiger partial charge in [0.2, 0.25) is 0 Å². The van der Waals surface area contributed by atoms with Gasteiger partial charge >= 0.3 is 6.18 Å². The van der Waals surface area contributed by atoms with Crippen LogP contribution in [0, 0.1) is 0 Å². The van der Waals surface area contributed by atoms with Crippen LogP contribution in [0.2, 0.25) is 0 Å². The van der Waals surface area contributed by atoms with Crippen LogP contribution in [0.3, 0.4) is 0 Å². The Bertz CT molecular complexity index is 533. The molecule has 0 spiro atoms. The number of hydrogen-bond donors (Lipinski definition) is 2. The molecule has 21 heavy (non-hydrogen) atoms. The van der Waals surface area contributed by atoms with Crippen LogP contribution in [0.1, 0.15) is 35.7 Å². The molecule has 2 atom stereocenters. The van der Waals surface area contributed by atoms with Crippen molar-refractivity contribution in [1.29, 1.82) is 0 Å². The zero-order valence-corrected chi connectivity index (χ0v) is 13.0. The standard InChI is InChI=1S/C14H16BrF3N2O/c1-8-12(3-2-6-19-8)20-13(21)10-7-9(14(16,17)18)4-5-11(10)15/h4-5,7-8,12,19H,2-3,6H2,1H3,(H,20,21). The highest BCUT2D eigenvalue weighted by Crippen LogP contribution is 2.32. The molecule has 3 nitrogen and oxygen atoms in total. The number of nitrogens with one attached hydrogen (secondary N) is 2. The van der Waals surface area contributed by atoms with Gasteiger partial charge in [0.15, 0.2) is 0 Å². The minimum atomic E-state index is -4.46. The first-order valence-corrected chi connectivity index (χ1v) is 7.49. The van der Waals surface area contributed by atoms with E-state index < -0.39 is 17.6 Å². The molecule has 2 N–H and O–H groups in total. The molecule has 1 aromatic rings. The number of rotatable bonds is 2. The molecule has 0 saturated carbocycles. The fourth-order valence-electron chi connectivity index (χ4n) is 2.36. The van der Waals surface area contributed by atoms with Gasteiger partial charge < -0.3 is 10.6 Å². The van der Waals surface area contributed by atoms with E-state index in [1.807, 2.05) is 6.92 Å². The highest BCUT2D eigenvalue weighted by Gasteiger charge is 2.32. The van der Waals surface area contributed by atoms with Crippen molar-refractivity contribution < 1.29 is 18.0 Å². The van der Waals surface area contributed by atoms with Gasteiger partial charge in [0.1, 0.15) is 0 Å². The number of halogens is 4. The van der Waals surface area contributed by atoms with E-state index in [0.29, 0.717) is 4.47 Å². The monoisotopic (exact) mass is 364 g/mol. The highest BCUT2D eigenvalue weighted by atomic mass is 79.9. The Balaban J connectivity index is 2.18. The zero-order chi connectivity index (χ0) is 15.6. The molecule has 1 aliphatic heterocycles. The van der Waals surface area contributed by atoms with E-state index in [9.17, 15) is 18.0 Å². The Morgan fingerprint density at radius 1 is 1.43 bits per heavy atom. The molecule has 0 radical (unpaired) electrons. The van der Waals surface area contributed by atoms with Crippen molar-refractivity contribution in [2.75, 3.05) is 6.54 Å². The van der Waals surface area contributed by atoms with Gasteiger partial charge in [-0.2, -0.15) is 13.2 Å². The first kappa shape index (κ1) is 16.3. The topological polar surface area (TPSA) is 41.1 Å². The number of amides is 1. The van der Waals surface area contributed by atoms with Crippen molar-refractivity contribution >= 4 is 21.8 Å². The van der Waals surface area contributed by atoms with Crippen molar-refractivity contribution in [2.24, 2.45) is 0 Å². The lowest BCUT2D eigenvalue weighted by Gasteiger charge is -2.30. The van der Waals surface area contributed by atoms with Gasteiger partial charge in [-0.15, -0.1) is 0 Å². The van der Waals surface area contributed by atoms with Crippen LogP contribution in [0.15, 0.2) is 22.7 Å². The number of piperidine rings is 1. The van der Waals surface area contributed by atoms with Crippen molar-refractivity contribution in [2.45, 2.75) is 38.0 Å². The SMILES string of the molecule is CC1NCCCC1NC(=O)c1cc(C(F)(F)F)ccc1Br. The molecule has 1 aromatic carbocycles. The summed E-state index contributed by atoms with van der Waals surface area (Å²) >= 11 is 3.13. The summed E-state index contributed by atoms with van der Waals surface area (Å²) in [5.74, 6) is -0.492. The molecular formula is C14H16BrF3N2O. The molecule has 7 heteroatoms. The van der Waals surface area contributed by atoms with Crippen molar-refractivity contribution in [3.8, 4) is 0 Å². The summed E-state index contributed by atoms with van der Waals surface area (Å²) in [6.07, 6.45) is -2.72. The van der Waals surface area contributed by atoms with E-state index in [2.05, 4.69) is 26.6 Å². The molecule has 2 rings (SSSR count). The summed E-state index contributed by atoms with van der Waals surface area (Å²) in [5, 5.41) is 6.04. The summed E-state index contributed by atoms with van der Waals surface area (Å²) < 4.78 is 38.5. The average molecular weight is 365 g/mol. The first-order valence-electron chi connectivity index (χ1n) is 6.70. The molecule has 1 saturated heterocycles. The quantitative estimate of drug-likeness (QED) is 0.844. The van der Waals surface area contributed by atoms with Crippen LogP contribution in [0.5, 0.6) is 0 Å². The summed E-state index contributed by atoms with van der Waals surface area (Å²) in [7, 11) is 0. The Morgan fingerprint density at radius 3 is 2.76 bits per heavy atom. The van der Waals surface area contributed by atoms with Gasteiger partial charge in [-0.3, -0.25) is 4.79 Å². The predicted molar refractivity (Wildman–Crippen MR) is 77.1 cm³/mol. The van der Waals surface area contributed by atoms with E-state index >= 15 is 0 Å². The second-order valence-corrected chi connectivity index (χ2v) is 6.01. The second kappa shape index (κ2) is 6.36. The largest absolute Gasteiger partial charge is 0.416 e. The van der Waals surface area contributed by atoms with Gasteiger partial charge in [-0.25, -0.2) is 0 Å². The number of alkyl halides is 3. The maximum Gasteiger partial charge on any atom is 0.416 e. The average Bonchev–Trinajstić information content (AvgIpc) is 2.40. The van der Waals surface area contributed by atoms with Gasteiger partial charge in [-0.05, 0) is 60.4 Å². The molecule has 0 bridgehead atoms. The van der Waals surface area contributed by atoms with Crippen LogP contribution in [0.4, 0.5) is 13.2 Å². The highest BCUT2D eigenvalue weighted by molar-refractivity contribution is 9.10. The minimum Gasteiger partial charge on any atom is -0.348 e. The molecule has 1 fully saturated rings. The van der Waals surface area contributed by atoms with Crippen LogP contribution in [0.25, 0.3) is 0 Å². The van der Waals surface area contributed by atoms with Crippen molar-refractivity contribution in [1.82, 2.24) is 10.6 Å². The summed E-state index contributed by atoms with van der Waals surface area (Å²) in [4.78, 5) is 12.2. The molecular weight excluding hydrogens is 349 g/mol. The van der Waals surface area contributed by atoms with E-state index in [1.165, 1.54) is 6.07 Å². The lowest BCUT2D eigenvalue weighted by molar-refractivity contribution is -0.137. The zero-order valence-electron chi connectivity index (χ0n) is 11.4. The van der Waals surface area contributed by atoms with Crippen LogP contribution >= 0.6 is 15.9 Å². The number of benzene rings is 1. The van der Waals surface area contributed by atoms with E-state index in [0.717, 1.165) is 31.5 Å². The molecule has 0 aromatic heterocycles. The molecule has 1 aliphatic rings. The maximum atomic E-state index is 12.7. The third-order valence-electron chi connectivity index (χ3n) is 3.62. The van der Waals surface area contributed by atoms with E-state index in [1.54, 1.807) is 0 Å². The molecule has 116 valence electrons. The maximum absolute atomic E-state index is 12.7. The third kappa shape index (κ3) is 3.97. The molecule has 1 amide bonds. The fraction of sp³-hybridized carbons (Fsp3) is 0.500. The molecule has 2 unspecified atom stereocenters. The summed E-state index contributed by atoms with van der Waals surface area (Å²) in [6, 6.07) is 3.10. The Labute approximate surface area is 129 Å². The molecule has 0 aliphatic carbocycles. The van der Waals surface area contributed by atoms with Crippen LogP contribution < -0.4 is 10.6 Å². The number of hydrogen-bond acceptors (Lipinski definition) is 2. The lowest BCUT2D eigenvalue weighted by atomic mass is 9.99. The Morgan fingerprint density at radius 2 is 2.14 bits per heavy atom. The minimum absolute atomic E-state index is 0.00241. The Hall–Kier alpha value is -1.08. The fourth-order valence-corrected chi connectivity index (χ4v) is 2.79. The lowest BCUT2D eigenvalue weighted by Crippen LogP contribution is -2.51. The van der Waals surface area contributed by atoms with E-state index in [4.69, 9.17) is 0 Å². The number of carbonyl (C=O) groups is 1. The van der Waals surface area contributed by atoms with Crippen molar-refractivity contribution in [3.63, 3.8) is 0 Å².